The lowest BCUT2D eigenvalue weighted by molar-refractivity contribution is -0.218. The first-order chi connectivity index (χ1) is 21.6. The number of carboxylic acids is 3. The van der Waals surface area contributed by atoms with Crippen molar-refractivity contribution in [3.05, 3.63) is 108 Å². The van der Waals surface area contributed by atoms with Crippen molar-refractivity contribution in [3.63, 3.8) is 0 Å². The van der Waals surface area contributed by atoms with Gasteiger partial charge in [0.2, 0.25) is 0 Å². The van der Waals surface area contributed by atoms with Gasteiger partial charge in [0.05, 0.1) is 6.61 Å². The van der Waals surface area contributed by atoms with Crippen molar-refractivity contribution in [3.8, 4) is 11.5 Å². The summed E-state index contributed by atoms with van der Waals surface area (Å²) in [6.45, 7) is 0.274. The van der Waals surface area contributed by atoms with Crippen molar-refractivity contribution >= 4 is 34.6 Å². The average Bonchev–Trinajstić information content (AvgIpc) is 3.50. The molecule has 0 bridgehead atoms. The summed E-state index contributed by atoms with van der Waals surface area (Å²) in [4.78, 5) is 50.2. The molecule has 5 rings (SSSR count). The Bertz CT molecular complexity index is 1690. The summed E-state index contributed by atoms with van der Waals surface area (Å²) in [5.41, 5.74) is 1.72. The molecule has 3 N–H and O–H groups in total. The summed E-state index contributed by atoms with van der Waals surface area (Å²) in [6, 6.07) is 29.6. The summed E-state index contributed by atoms with van der Waals surface area (Å²) in [6.07, 6.45) is -1.24. The smallest absolute Gasteiger partial charge is 0.377 e. The van der Waals surface area contributed by atoms with Crippen LogP contribution in [-0.4, -0.2) is 75.1 Å². The maximum atomic E-state index is 13.7. The highest BCUT2D eigenvalue weighted by molar-refractivity contribution is 6.01. The van der Waals surface area contributed by atoms with Gasteiger partial charge in [-0.25, -0.2) is 9.59 Å². The highest BCUT2D eigenvalue weighted by Crippen LogP contribution is 2.33. The van der Waals surface area contributed by atoms with Gasteiger partial charge in [-0.2, -0.15) is 0 Å². The van der Waals surface area contributed by atoms with Crippen LogP contribution in [0.4, 0.5) is 0 Å². The second-order valence-electron chi connectivity index (χ2n) is 10.7. The van der Waals surface area contributed by atoms with E-state index in [1.165, 1.54) is 0 Å². The molecule has 1 aliphatic heterocycles. The molecule has 11 heteroatoms. The first kappa shape index (κ1) is 31.2. The topological polar surface area (TPSA) is 160 Å². The third kappa shape index (κ3) is 6.79. The molecule has 1 aliphatic rings. The van der Waals surface area contributed by atoms with Gasteiger partial charge in [-0.3, -0.25) is 9.59 Å². The summed E-state index contributed by atoms with van der Waals surface area (Å²) in [5, 5.41) is 30.8. The number of ether oxygens (including phenoxy) is 3. The number of para-hydroxylation sites is 1. The Morgan fingerprint density at radius 3 is 2.09 bits per heavy atom. The number of amides is 1. The van der Waals surface area contributed by atoms with Crippen LogP contribution in [0.15, 0.2) is 97.1 Å². The summed E-state index contributed by atoms with van der Waals surface area (Å²) in [5.74, 6) is -8.37. The molecule has 0 radical (unpaired) electrons. The molecule has 45 heavy (non-hydrogen) atoms. The Balaban J connectivity index is 1.48. The lowest BCUT2D eigenvalue weighted by Crippen LogP contribution is -2.52. The SMILES string of the molecule is CC(C(Cc1ccc2ccccc2c1)c1ccc(Oc2ccccc2)cc1)N(CC(=O)O)C(=O)C1COC(C(=O)O)(C(=O)O)O1. The zero-order chi connectivity index (χ0) is 32.1. The molecular weight excluding hydrogens is 582 g/mol. The van der Waals surface area contributed by atoms with E-state index in [9.17, 15) is 34.5 Å². The average molecular weight is 614 g/mol. The Labute approximate surface area is 258 Å². The molecule has 0 aromatic heterocycles. The summed E-state index contributed by atoms with van der Waals surface area (Å²) >= 11 is 0. The molecule has 1 amide bonds. The quantitative estimate of drug-likeness (QED) is 0.194. The van der Waals surface area contributed by atoms with Crippen molar-refractivity contribution in [2.75, 3.05) is 13.2 Å². The maximum absolute atomic E-state index is 13.7. The van der Waals surface area contributed by atoms with E-state index in [0.29, 0.717) is 17.9 Å². The molecule has 3 unspecified atom stereocenters. The fourth-order valence-electron chi connectivity index (χ4n) is 5.46. The normalized spacial score (nSPS) is 16.9. The van der Waals surface area contributed by atoms with Crippen molar-refractivity contribution in [1.29, 1.82) is 0 Å². The lowest BCUT2D eigenvalue weighted by Gasteiger charge is -2.35. The minimum Gasteiger partial charge on any atom is -0.480 e. The molecular formula is C34H31NO10. The van der Waals surface area contributed by atoms with Crippen molar-refractivity contribution in [2.45, 2.75) is 37.2 Å². The number of hydrogen-bond donors (Lipinski definition) is 3. The van der Waals surface area contributed by atoms with Crippen LogP contribution in [0.2, 0.25) is 0 Å². The number of carboxylic acid groups (broad SMARTS) is 3. The van der Waals surface area contributed by atoms with Crippen LogP contribution < -0.4 is 4.74 Å². The molecule has 0 saturated carbocycles. The Morgan fingerprint density at radius 1 is 0.844 bits per heavy atom. The van der Waals surface area contributed by atoms with Gasteiger partial charge in [-0.1, -0.05) is 72.8 Å². The van der Waals surface area contributed by atoms with E-state index >= 15 is 0 Å². The second kappa shape index (κ2) is 13.2. The highest BCUT2D eigenvalue weighted by atomic mass is 16.8. The van der Waals surface area contributed by atoms with E-state index < -0.39 is 60.8 Å². The number of nitrogens with zero attached hydrogens (tertiary/aromatic N) is 1. The van der Waals surface area contributed by atoms with Crippen LogP contribution in [0.5, 0.6) is 11.5 Å². The van der Waals surface area contributed by atoms with Gasteiger partial charge in [-0.15, -0.1) is 0 Å². The molecule has 4 aromatic rings. The van der Waals surface area contributed by atoms with E-state index in [1.54, 1.807) is 19.1 Å². The molecule has 1 fully saturated rings. The van der Waals surface area contributed by atoms with Crippen LogP contribution in [0, 0.1) is 0 Å². The number of carbonyl (C=O) groups excluding carboxylic acids is 1. The van der Waals surface area contributed by atoms with Crippen LogP contribution in [-0.2, 0) is 35.1 Å². The molecule has 4 aromatic carbocycles. The minimum atomic E-state index is -3.07. The predicted molar refractivity (Wildman–Crippen MR) is 161 cm³/mol. The molecule has 3 atom stereocenters. The Kier molecular flexibility index (Phi) is 9.12. The number of benzene rings is 4. The van der Waals surface area contributed by atoms with Gasteiger partial charge in [-0.05, 0) is 59.5 Å². The van der Waals surface area contributed by atoms with Gasteiger partial charge >= 0.3 is 23.7 Å². The fourth-order valence-corrected chi connectivity index (χ4v) is 5.46. The number of hydrogen-bond acceptors (Lipinski definition) is 7. The third-order valence-electron chi connectivity index (χ3n) is 7.80. The van der Waals surface area contributed by atoms with E-state index in [1.807, 2.05) is 84.9 Å². The highest BCUT2D eigenvalue weighted by Gasteiger charge is 2.58. The van der Waals surface area contributed by atoms with E-state index in [2.05, 4.69) is 0 Å². The van der Waals surface area contributed by atoms with Crippen molar-refractivity contribution in [2.24, 2.45) is 0 Å². The molecule has 11 nitrogen and oxygen atoms in total. The van der Waals surface area contributed by atoms with E-state index in [-0.39, 0.29) is 0 Å². The largest absolute Gasteiger partial charge is 0.480 e. The first-order valence-corrected chi connectivity index (χ1v) is 14.2. The van der Waals surface area contributed by atoms with Crippen LogP contribution in [0.3, 0.4) is 0 Å². The number of aliphatic carboxylic acids is 3. The number of rotatable bonds is 12. The second-order valence-corrected chi connectivity index (χ2v) is 10.7. The standard InChI is InChI=1S/C34H31NO10/c1-21(35(19-30(36)37)31(38)29-20-43-34(45-29,32(39)40)33(41)42)28(18-22-11-12-23-7-5-6-8-25(23)17-22)24-13-15-27(16-14-24)44-26-9-3-2-4-10-26/h2-17,21,28-29H,18-20H2,1H3,(H,36,37)(H,39,40)(H,41,42). The van der Waals surface area contributed by atoms with Crippen LogP contribution in [0.25, 0.3) is 10.8 Å². The van der Waals surface area contributed by atoms with Crippen molar-refractivity contribution in [1.82, 2.24) is 4.90 Å². The number of fused-ring (bicyclic) bond motifs is 1. The molecule has 0 aliphatic carbocycles. The predicted octanol–water partition coefficient (Wildman–Crippen LogP) is 4.54. The minimum absolute atomic E-state index is 0.407. The van der Waals surface area contributed by atoms with Gasteiger partial charge in [0, 0.05) is 12.0 Å². The molecule has 232 valence electrons. The van der Waals surface area contributed by atoms with Crippen LogP contribution in [0.1, 0.15) is 24.0 Å². The van der Waals surface area contributed by atoms with Gasteiger partial charge in [0.15, 0.2) is 6.10 Å². The van der Waals surface area contributed by atoms with E-state index in [4.69, 9.17) is 14.2 Å². The monoisotopic (exact) mass is 613 g/mol. The zero-order valence-electron chi connectivity index (χ0n) is 24.2. The summed E-state index contributed by atoms with van der Waals surface area (Å²) in [7, 11) is 0. The summed E-state index contributed by atoms with van der Waals surface area (Å²) < 4.78 is 16.0. The van der Waals surface area contributed by atoms with Gasteiger partial charge in [0.1, 0.15) is 18.0 Å². The molecule has 0 spiro atoms. The molecule has 1 saturated heterocycles. The Hall–Kier alpha value is -5.26. The van der Waals surface area contributed by atoms with Crippen molar-refractivity contribution < 1.29 is 48.7 Å². The Morgan fingerprint density at radius 2 is 1.47 bits per heavy atom. The lowest BCUT2D eigenvalue weighted by atomic mass is 9.85. The van der Waals surface area contributed by atoms with Gasteiger partial charge < -0.3 is 34.4 Å². The van der Waals surface area contributed by atoms with Crippen LogP contribution >= 0.6 is 0 Å². The fraction of sp³-hybridized carbons (Fsp3) is 0.235. The third-order valence-corrected chi connectivity index (χ3v) is 7.80. The first-order valence-electron chi connectivity index (χ1n) is 14.2. The van der Waals surface area contributed by atoms with E-state index in [0.717, 1.165) is 26.8 Å². The number of carbonyl (C=O) groups is 4. The molecule has 1 heterocycles. The maximum Gasteiger partial charge on any atom is 0.377 e. The zero-order valence-corrected chi connectivity index (χ0v) is 24.2. The van der Waals surface area contributed by atoms with Gasteiger partial charge in [0.25, 0.3) is 5.91 Å².